The van der Waals surface area contributed by atoms with Crippen molar-refractivity contribution in [3.05, 3.63) is 68.7 Å². The van der Waals surface area contributed by atoms with Crippen LogP contribution < -0.4 is 10.6 Å². The van der Waals surface area contributed by atoms with Gasteiger partial charge in [-0.15, -0.1) is 0 Å². The molecule has 0 saturated heterocycles. The Morgan fingerprint density at radius 1 is 1.19 bits per heavy atom. The summed E-state index contributed by atoms with van der Waals surface area (Å²) in [6, 6.07) is 13.2. The Morgan fingerprint density at radius 2 is 1.90 bits per heavy atom. The van der Waals surface area contributed by atoms with E-state index in [1.807, 2.05) is 30.3 Å². The van der Waals surface area contributed by atoms with Crippen LogP contribution in [0.4, 0.5) is 16.2 Å². The van der Waals surface area contributed by atoms with Crippen LogP contribution in [0.1, 0.15) is 5.56 Å². The Hall–Kier alpha value is -2.41. The van der Waals surface area contributed by atoms with E-state index < -0.39 is 11.0 Å². The quantitative estimate of drug-likeness (QED) is 0.652. The lowest BCUT2D eigenvalue weighted by Gasteiger charge is -2.09. The summed E-state index contributed by atoms with van der Waals surface area (Å²) in [7, 11) is 0. The number of benzene rings is 2. The third-order valence-electron chi connectivity index (χ3n) is 2.70. The second-order valence-corrected chi connectivity index (χ2v) is 5.07. The largest absolute Gasteiger partial charge is 0.334 e. The second-order valence-electron chi connectivity index (χ2n) is 4.21. The third-order valence-corrected chi connectivity index (χ3v) is 3.40. The van der Waals surface area contributed by atoms with Crippen LogP contribution in [0.15, 0.2) is 53.0 Å². The molecule has 0 aromatic heterocycles. The van der Waals surface area contributed by atoms with Crippen LogP contribution in [0.25, 0.3) is 0 Å². The lowest BCUT2D eigenvalue weighted by molar-refractivity contribution is -0.384. The Bertz CT molecular complexity index is 662. The van der Waals surface area contributed by atoms with E-state index in [0.29, 0.717) is 16.7 Å². The lowest BCUT2D eigenvalue weighted by Crippen LogP contribution is -2.28. The van der Waals surface area contributed by atoms with E-state index in [-0.39, 0.29) is 5.69 Å². The molecule has 0 saturated carbocycles. The zero-order chi connectivity index (χ0) is 15.2. The standard InChI is InChI=1S/C14H12BrN3O3/c15-12-7-6-11(18(20)21)8-13(12)17-14(19)16-9-10-4-2-1-3-5-10/h1-8H,9H2,(H2,16,17,19). The van der Waals surface area contributed by atoms with E-state index in [1.54, 1.807) is 0 Å². The molecule has 2 amide bonds. The van der Waals surface area contributed by atoms with Gasteiger partial charge in [-0.1, -0.05) is 30.3 Å². The number of anilines is 1. The van der Waals surface area contributed by atoms with Gasteiger partial charge in [0.25, 0.3) is 5.69 Å². The number of hydrogen-bond acceptors (Lipinski definition) is 3. The Kier molecular flexibility index (Phi) is 4.89. The minimum absolute atomic E-state index is 0.0865. The minimum Gasteiger partial charge on any atom is -0.334 e. The number of hydrogen-bond donors (Lipinski definition) is 2. The maximum Gasteiger partial charge on any atom is 0.319 e. The molecule has 0 radical (unpaired) electrons. The molecule has 0 unspecified atom stereocenters. The van der Waals surface area contributed by atoms with Crippen molar-refractivity contribution in [3.8, 4) is 0 Å². The van der Waals surface area contributed by atoms with Crippen LogP contribution in [-0.2, 0) is 6.54 Å². The van der Waals surface area contributed by atoms with Gasteiger partial charge in [0.15, 0.2) is 0 Å². The van der Waals surface area contributed by atoms with Crippen LogP contribution in [0.5, 0.6) is 0 Å². The Labute approximate surface area is 129 Å². The molecule has 6 nitrogen and oxygen atoms in total. The summed E-state index contributed by atoms with van der Waals surface area (Å²) < 4.78 is 0.572. The first-order valence-corrected chi connectivity index (χ1v) is 6.88. The van der Waals surface area contributed by atoms with Crippen LogP contribution in [0.2, 0.25) is 0 Å². The van der Waals surface area contributed by atoms with E-state index in [2.05, 4.69) is 26.6 Å². The van der Waals surface area contributed by atoms with E-state index in [0.717, 1.165) is 5.56 Å². The topological polar surface area (TPSA) is 84.3 Å². The predicted octanol–water partition coefficient (Wildman–Crippen LogP) is 3.68. The summed E-state index contributed by atoms with van der Waals surface area (Å²) in [6.45, 7) is 0.374. The van der Waals surface area contributed by atoms with Gasteiger partial charge in [0, 0.05) is 23.2 Å². The second kappa shape index (κ2) is 6.85. The summed E-state index contributed by atoms with van der Waals surface area (Å²) in [5, 5.41) is 16.0. The van der Waals surface area contributed by atoms with Crippen molar-refractivity contribution < 1.29 is 9.72 Å². The maximum absolute atomic E-state index is 11.8. The summed E-state index contributed by atoms with van der Waals surface area (Å²) in [6.07, 6.45) is 0. The number of carbonyl (C=O) groups excluding carboxylic acids is 1. The summed E-state index contributed by atoms with van der Waals surface area (Å²) in [5.74, 6) is 0. The molecule has 7 heteroatoms. The first-order chi connectivity index (χ1) is 10.1. The number of nitro benzene ring substituents is 1. The molecule has 21 heavy (non-hydrogen) atoms. The van der Waals surface area contributed by atoms with E-state index in [1.165, 1.54) is 18.2 Å². The number of carbonyl (C=O) groups is 1. The first kappa shape index (κ1) is 15.0. The van der Waals surface area contributed by atoms with E-state index >= 15 is 0 Å². The summed E-state index contributed by atoms with van der Waals surface area (Å²) >= 11 is 3.24. The Balaban J connectivity index is 1.99. The predicted molar refractivity (Wildman–Crippen MR) is 83.1 cm³/mol. The van der Waals surface area contributed by atoms with Crippen LogP contribution in [0, 0.1) is 10.1 Å². The average molecular weight is 350 g/mol. The number of nitro groups is 1. The Morgan fingerprint density at radius 3 is 2.57 bits per heavy atom. The molecule has 2 aromatic rings. The van der Waals surface area contributed by atoms with Crippen molar-refractivity contribution in [1.29, 1.82) is 0 Å². The highest BCUT2D eigenvalue weighted by Crippen LogP contribution is 2.26. The van der Waals surface area contributed by atoms with Crippen molar-refractivity contribution >= 4 is 33.3 Å². The number of nitrogens with zero attached hydrogens (tertiary/aromatic N) is 1. The number of rotatable bonds is 4. The van der Waals surface area contributed by atoms with Gasteiger partial charge < -0.3 is 10.6 Å². The molecule has 0 bridgehead atoms. The first-order valence-electron chi connectivity index (χ1n) is 6.09. The monoisotopic (exact) mass is 349 g/mol. The maximum atomic E-state index is 11.8. The fraction of sp³-hybridized carbons (Fsp3) is 0.0714. The molecule has 0 fully saturated rings. The zero-order valence-electron chi connectivity index (χ0n) is 10.9. The normalized spacial score (nSPS) is 9.95. The lowest BCUT2D eigenvalue weighted by atomic mass is 10.2. The highest BCUT2D eigenvalue weighted by Gasteiger charge is 2.11. The molecule has 0 aliphatic carbocycles. The number of non-ortho nitro benzene ring substituents is 1. The van der Waals surface area contributed by atoms with Gasteiger partial charge in [-0.05, 0) is 27.6 Å². The molecule has 2 aromatic carbocycles. The third kappa shape index (κ3) is 4.28. The van der Waals surface area contributed by atoms with Crippen molar-refractivity contribution in [2.45, 2.75) is 6.54 Å². The molecule has 0 atom stereocenters. The van der Waals surface area contributed by atoms with Gasteiger partial charge in [0.2, 0.25) is 0 Å². The molecule has 0 aliphatic heterocycles. The van der Waals surface area contributed by atoms with Gasteiger partial charge in [-0.2, -0.15) is 0 Å². The van der Waals surface area contributed by atoms with Gasteiger partial charge in [-0.3, -0.25) is 10.1 Å². The van der Waals surface area contributed by atoms with Crippen LogP contribution in [-0.4, -0.2) is 11.0 Å². The van der Waals surface area contributed by atoms with Gasteiger partial charge >= 0.3 is 6.03 Å². The van der Waals surface area contributed by atoms with E-state index in [9.17, 15) is 14.9 Å². The van der Waals surface area contributed by atoms with Crippen LogP contribution in [0.3, 0.4) is 0 Å². The highest BCUT2D eigenvalue weighted by atomic mass is 79.9. The minimum atomic E-state index is -0.514. The smallest absolute Gasteiger partial charge is 0.319 e. The molecule has 2 rings (SSSR count). The molecule has 0 spiro atoms. The molecular formula is C14H12BrN3O3. The van der Waals surface area contributed by atoms with Crippen molar-refractivity contribution in [1.82, 2.24) is 5.32 Å². The molecular weight excluding hydrogens is 338 g/mol. The SMILES string of the molecule is O=C(NCc1ccccc1)Nc1cc([N+](=O)[O-])ccc1Br. The zero-order valence-corrected chi connectivity index (χ0v) is 12.5. The molecule has 2 N–H and O–H groups in total. The van der Waals surface area contributed by atoms with E-state index in [4.69, 9.17) is 0 Å². The van der Waals surface area contributed by atoms with Crippen molar-refractivity contribution in [3.63, 3.8) is 0 Å². The fourth-order valence-corrected chi connectivity index (χ4v) is 2.01. The molecule has 0 heterocycles. The number of amides is 2. The van der Waals surface area contributed by atoms with Gasteiger partial charge in [0.05, 0.1) is 10.6 Å². The molecule has 108 valence electrons. The van der Waals surface area contributed by atoms with Crippen molar-refractivity contribution in [2.75, 3.05) is 5.32 Å². The highest BCUT2D eigenvalue weighted by molar-refractivity contribution is 9.10. The van der Waals surface area contributed by atoms with Crippen LogP contribution >= 0.6 is 15.9 Å². The number of halogens is 1. The summed E-state index contributed by atoms with van der Waals surface area (Å²) in [4.78, 5) is 22.0. The summed E-state index contributed by atoms with van der Waals surface area (Å²) in [5.41, 5.74) is 1.22. The van der Waals surface area contributed by atoms with Gasteiger partial charge in [-0.25, -0.2) is 4.79 Å². The van der Waals surface area contributed by atoms with Gasteiger partial charge in [0.1, 0.15) is 0 Å². The fourth-order valence-electron chi connectivity index (χ4n) is 1.67. The average Bonchev–Trinajstić information content (AvgIpc) is 2.48. The molecule has 0 aliphatic rings. The number of nitrogens with one attached hydrogen (secondary N) is 2. The number of urea groups is 1. The van der Waals surface area contributed by atoms with Crippen molar-refractivity contribution in [2.24, 2.45) is 0 Å².